The second kappa shape index (κ2) is 9.19. The van der Waals surface area contributed by atoms with Gasteiger partial charge in [-0.2, -0.15) is 0 Å². The van der Waals surface area contributed by atoms with Crippen LogP contribution in [0.25, 0.3) is 33.4 Å². The van der Waals surface area contributed by atoms with E-state index in [1.807, 2.05) is 0 Å². The Bertz CT molecular complexity index is 2300. The van der Waals surface area contributed by atoms with Crippen molar-refractivity contribution < 1.29 is 4.74 Å². The Morgan fingerprint density at radius 2 is 0.848 bits per heavy atom. The van der Waals surface area contributed by atoms with Crippen molar-refractivity contribution in [1.29, 1.82) is 0 Å². The maximum absolute atomic E-state index is 6.69. The summed E-state index contributed by atoms with van der Waals surface area (Å²) in [5.74, 6) is 1.83. The van der Waals surface area contributed by atoms with Crippen LogP contribution in [0.4, 0.5) is 0 Å². The standard InChI is InChI=1S/C45H30O/c1-44(31-13-3-2-4-14-31)39-21-11-12-22-42(39)46-43-28-30(24-26-40(43)44)29-23-25-35-34-17-7-10-20-38(34)45(41(35)27-29)36-18-8-5-15-32(36)33-16-6-9-19-37(33)45/h2-28H,1H3. The highest BCUT2D eigenvalue weighted by Gasteiger charge is 2.51. The molecule has 216 valence electrons. The van der Waals surface area contributed by atoms with Gasteiger partial charge in [-0.25, -0.2) is 0 Å². The van der Waals surface area contributed by atoms with Crippen LogP contribution in [0.15, 0.2) is 164 Å². The minimum Gasteiger partial charge on any atom is -0.457 e. The number of rotatable bonds is 2. The predicted octanol–water partition coefficient (Wildman–Crippen LogP) is 11.2. The van der Waals surface area contributed by atoms with Crippen molar-refractivity contribution in [3.8, 4) is 44.9 Å². The van der Waals surface area contributed by atoms with Gasteiger partial charge in [0.05, 0.1) is 5.41 Å². The van der Waals surface area contributed by atoms with Gasteiger partial charge in [0.15, 0.2) is 0 Å². The average molecular weight is 587 g/mol. The van der Waals surface area contributed by atoms with Gasteiger partial charge in [0, 0.05) is 16.5 Å². The Hall–Kier alpha value is -5.66. The zero-order chi connectivity index (χ0) is 30.5. The van der Waals surface area contributed by atoms with Gasteiger partial charge in [-0.1, -0.05) is 146 Å². The lowest BCUT2D eigenvalue weighted by Crippen LogP contribution is -2.29. The first-order chi connectivity index (χ1) is 22.7. The Labute approximate surface area is 269 Å². The van der Waals surface area contributed by atoms with E-state index in [-0.39, 0.29) is 10.8 Å². The molecule has 1 heterocycles. The molecule has 1 atom stereocenters. The van der Waals surface area contributed by atoms with Gasteiger partial charge < -0.3 is 4.74 Å². The van der Waals surface area contributed by atoms with Crippen LogP contribution in [0.2, 0.25) is 0 Å². The van der Waals surface area contributed by atoms with Crippen LogP contribution < -0.4 is 4.74 Å². The summed E-state index contributed by atoms with van der Waals surface area (Å²) in [4.78, 5) is 0. The molecule has 0 amide bonds. The normalized spacial score (nSPS) is 17.2. The quantitative estimate of drug-likeness (QED) is 0.196. The van der Waals surface area contributed by atoms with Crippen LogP contribution in [-0.4, -0.2) is 0 Å². The second-order valence-electron chi connectivity index (χ2n) is 12.9. The summed E-state index contributed by atoms with van der Waals surface area (Å²) < 4.78 is 6.69. The van der Waals surface area contributed by atoms with Crippen LogP contribution in [-0.2, 0) is 10.8 Å². The van der Waals surface area contributed by atoms with Crippen molar-refractivity contribution in [2.45, 2.75) is 17.8 Å². The van der Waals surface area contributed by atoms with Gasteiger partial charge in [-0.15, -0.1) is 0 Å². The SMILES string of the molecule is CC1(c2ccccc2)c2ccccc2Oc2cc(-c3ccc4c(c3)C3(c5ccccc5-c5ccccc53)c3ccccc3-4)ccc21. The van der Waals surface area contributed by atoms with E-state index in [1.165, 1.54) is 66.8 Å². The van der Waals surface area contributed by atoms with Crippen LogP contribution in [0.3, 0.4) is 0 Å². The topological polar surface area (TPSA) is 9.23 Å². The molecule has 1 spiro atoms. The third kappa shape index (κ3) is 3.15. The summed E-state index contributed by atoms with van der Waals surface area (Å²) in [6.07, 6.45) is 0. The third-order valence-corrected chi connectivity index (χ3v) is 10.8. The first-order valence-electron chi connectivity index (χ1n) is 16.1. The number of hydrogen-bond acceptors (Lipinski definition) is 1. The van der Waals surface area contributed by atoms with E-state index in [2.05, 4.69) is 171 Å². The van der Waals surface area contributed by atoms with Crippen LogP contribution >= 0.6 is 0 Å². The maximum Gasteiger partial charge on any atom is 0.132 e. The van der Waals surface area contributed by atoms with Crippen molar-refractivity contribution in [2.24, 2.45) is 0 Å². The van der Waals surface area contributed by atoms with Gasteiger partial charge in [-0.05, 0) is 86.3 Å². The molecule has 1 unspecified atom stereocenters. The first kappa shape index (κ1) is 25.6. The van der Waals surface area contributed by atoms with Gasteiger partial charge in [0.25, 0.3) is 0 Å². The predicted molar refractivity (Wildman–Crippen MR) is 187 cm³/mol. The number of para-hydroxylation sites is 1. The molecule has 1 heteroatoms. The van der Waals surface area contributed by atoms with E-state index < -0.39 is 0 Å². The summed E-state index contributed by atoms with van der Waals surface area (Å²) in [5.41, 5.74) is 16.0. The van der Waals surface area contributed by atoms with Crippen molar-refractivity contribution in [3.05, 3.63) is 203 Å². The molecule has 1 nitrogen and oxygen atoms in total. The molecule has 0 bridgehead atoms. The molecule has 0 fully saturated rings. The molecular formula is C45H30O. The molecule has 0 aromatic heterocycles. The van der Waals surface area contributed by atoms with E-state index in [4.69, 9.17) is 4.74 Å². The average Bonchev–Trinajstić information content (AvgIpc) is 3.59. The fraction of sp³-hybridized carbons (Fsp3) is 0.0667. The lowest BCUT2D eigenvalue weighted by molar-refractivity contribution is 0.427. The van der Waals surface area contributed by atoms with Crippen LogP contribution in [0.5, 0.6) is 11.5 Å². The summed E-state index contributed by atoms with van der Waals surface area (Å²) in [6.45, 7) is 2.33. The second-order valence-corrected chi connectivity index (χ2v) is 12.9. The van der Waals surface area contributed by atoms with Crippen molar-refractivity contribution in [1.82, 2.24) is 0 Å². The number of fused-ring (bicyclic) bond motifs is 12. The summed E-state index contributed by atoms with van der Waals surface area (Å²) in [6, 6.07) is 60.1. The number of hydrogen-bond donors (Lipinski definition) is 0. The molecule has 0 saturated heterocycles. The molecule has 46 heavy (non-hydrogen) atoms. The zero-order valence-corrected chi connectivity index (χ0v) is 25.5. The van der Waals surface area contributed by atoms with Gasteiger partial charge in [0.2, 0.25) is 0 Å². The molecular weight excluding hydrogens is 556 g/mol. The molecule has 0 N–H and O–H groups in total. The van der Waals surface area contributed by atoms with E-state index in [9.17, 15) is 0 Å². The maximum atomic E-state index is 6.69. The van der Waals surface area contributed by atoms with Crippen LogP contribution in [0, 0.1) is 0 Å². The Morgan fingerprint density at radius 3 is 1.50 bits per heavy atom. The van der Waals surface area contributed by atoms with Gasteiger partial charge >= 0.3 is 0 Å². The Kier molecular flexibility index (Phi) is 5.12. The Balaban J connectivity index is 1.19. The highest BCUT2D eigenvalue weighted by atomic mass is 16.5. The highest BCUT2D eigenvalue weighted by molar-refractivity contribution is 5.96. The minimum atomic E-state index is -0.356. The van der Waals surface area contributed by atoms with E-state index >= 15 is 0 Å². The third-order valence-electron chi connectivity index (χ3n) is 10.8. The largest absolute Gasteiger partial charge is 0.457 e. The summed E-state index contributed by atoms with van der Waals surface area (Å²) in [7, 11) is 0. The summed E-state index contributed by atoms with van der Waals surface area (Å²) >= 11 is 0. The molecule has 1 aliphatic heterocycles. The van der Waals surface area contributed by atoms with E-state index in [1.54, 1.807) is 0 Å². The first-order valence-corrected chi connectivity index (χ1v) is 16.1. The highest BCUT2D eigenvalue weighted by Crippen LogP contribution is 2.63. The van der Waals surface area contributed by atoms with Crippen molar-refractivity contribution in [2.75, 3.05) is 0 Å². The van der Waals surface area contributed by atoms with Gasteiger partial charge in [0.1, 0.15) is 11.5 Å². The Morgan fingerprint density at radius 1 is 0.370 bits per heavy atom. The molecule has 10 rings (SSSR count). The number of benzene rings is 7. The lowest BCUT2D eigenvalue weighted by atomic mass is 9.69. The monoisotopic (exact) mass is 586 g/mol. The molecule has 2 aliphatic carbocycles. The number of ether oxygens (including phenoxy) is 1. The molecule has 0 saturated carbocycles. The smallest absolute Gasteiger partial charge is 0.132 e. The zero-order valence-electron chi connectivity index (χ0n) is 25.5. The van der Waals surface area contributed by atoms with E-state index in [0.717, 1.165) is 17.1 Å². The van der Waals surface area contributed by atoms with Crippen molar-refractivity contribution >= 4 is 0 Å². The van der Waals surface area contributed by atoms with Crippen LogP contribution in [0.1, 0.15) is 45.9 Å². The molecule has 7 aromatic carbocycles. The van der Waals surface area contributed by atoms with Gasteiger partial charge in [-0.3, -0.25) is 0 Å². The lowest BCUT2D eigenvalue weighted by Gasteiger charge is -2.38. The minimum absolute atomic E-state index is 0.328. The van der Waals surface area contributed by atoms with Crippen molar-refractivity contribution in [3.63, 3.8) is 0 Å². The molecule has 3 aliphatic rings. The molecule has 0 radical (unpaired) electrons. The molecule has 7 aromatic rings. The van der Waals surface area contributed by atoms with E-state index in [0.29, 0.717) is 0 Å². The fourth-order valence-corrected chi connectivity index (χ4v) is 8.79. The summed E-state index contributed by atoms with van der Waals surface area (Å²) in [5, 5.41) is 0. The fourth-order valence-electron chi connectivity index (χ4n) is 8.79.